The second kappa shape index (κ2) is 12.6. The summed E-state index contributed by atoms with van der Waals surface area (Å²) in [6.07, 6.45) is 17.2. The molecule has 0 spiro atoms. The number of aryl methyl sites for hydroxylation is 2. The molecule has 0 aliphatic heterocycles. The van der Waals surface area contributed by atoms with Crippen molar-refractivity contribution in [2.45, 2.75) is 96.9 Å². The number of hydrogen-bond donors (Lipinski definition) is 2. The van der Waals surface area contributed by atoms with Crippen molar-refractivity contribution >= 4 is 34.0 Å². The Hall–Kier alpha value is -2.33. The Kier molecular flexibility index (Phi) is 9.25. The van der Waals surface area contributed by atoms with Crippen molar-refractivity contribution in [2.75, 3.05) is 11.1 Å². The lowest BCUT2D eigenvalue weighted by molar-refractivity contribution is 0.404. The fraction of sp³-hybridized carbons (Fsp3) is 0.533. The zero-order valence-corrected chi connectivity index (χ0v) is 22.2. The molecule has 1 aromatic carbocycles. The number of anilines is 2. The summed E-state index contributed by atoms with van der Waals surface area (Å²) in [4.78, 5) is 8.94. The summed E-state index contributed by atoms with van der Waals surface area (Å²) < 4.78 is 0. The summed E-state index contributed by atoms with van der Waals surface area (Å²) in [7, 11) is 0. The molecule has 2 aromatic heterocycles. The normalized spacial score (nSPS) is 20.5. The summed E-state index contributed by atoms with van der Waals surface area (Å²) in [6, 6.07) is 11.2. The summed E-state index contributed by atoms with van der Waals surface area (Å²) in [5, 5.41) is 5.71. The molecule has 2 unspecified atom stereocenters. The average Bonchev–Trinajstić information content (AvgIpc) is 2.83. The number of aromatic nitrogens is 2. The molecule has 4 nitrogen and oxygen atoms in total. The quantitative estimate of drug-likeness (QED) is 0.383. The molecule has 2 atom stereocenters. The van der Waals surface area contributed by atoms with Gasteiger partial charge < -0.3 is 11.1 Å². The molecule has 0 radical (unpaired) electrons. The van der Waals surface area contributed by atoms with Crippen LogP contribution in [0.5, 0.6) is 0 Å². The summed E-state index contributed by atoms with van der Waals surface area (Å²) >= 11 is 6.19. The van der Waals surface area contributed by atoms with E-state index in [-0.39, 0.29) is 0 Å². The first-order valence-electron chi connectivity index (χ1n) is 13.5. The van der Waals surface area contributed by atoms with Crippen molar-refractivity contribution in [2.24, 2.45) is 5.92 Å². The highest BCUT2D eigenvalue weighted by Crippen LogP contribution is 2.28. The molecule has 4 rings (SSSR count). The third-order valence-electron chi connectivity index (χ3n) is 7.58. The van der Waals surface area contributed by atoms with E-state index in [0.29, 0.717) is 16.9 Å². The molecule has 3 N–H and O–H groups in total. The van der Waals surface area contributed by atoms with Gasteiger partial charge >= 0.3 is 0 Å². The number of pyridine rings is 2. The maximum absolute atomic E-state index is 6.19. The third-order valence-corrected chi connectivity index (χ3v) is 7.79. The standard InChI is InChI=1S/C30H41ClN4/c1-21-16-29(32)34-22(2)30(21)35-27-12-7-5-3-4-6-10-23(11-8-9-13-27)17-24-14-15-28-25(18-24)19-26(31)20-33-28/h14-16,18-20,23,27,35H,3-13,17H2,1-2H3,(H2,32,34). The summed E-state index contributed by atoms with van der Waals surface area (Å²) in [5.41, 5.74) is 11.8. The number of fused-ring (bicyclic) bond motifs is 1. The van der Waals surface area contributed by atoms with E-state index in [1.54, 1.807) is 6.20 Å². The van der Waals surface area contributed by atoms with Crippen molar-refractivity contribution in [1.29, 1.82) is 0 Å². The first-order chi connectivity index (χ1) is 17.0. The van der Waals surface area contributed by atoms with E-state index in [2.05, 4.69) is 47.3 Å². The number of nitrogen functional groups attached to an aromatic ring is 1. The summed E-state index contributed by atoms with van der Waals surface area (Å²) in [6.45, 7) is 4.20. The van der Waals surface area contributed by atoms with Gasteiger partial charge in [0, 0.05) is 17.6 Å². The number of hydrogen-bond acceptors (Lipinski definition) is 4. The van der Waals surface area contributed by atoms with Crippen molar-refractivity contribution in [3.8, 4) is 0 Å². The van der Waals surface area contributed by atoms with Crippen LogP contribution in [0.1, 0.15) is 87.4 Å². The molecule has 35 heavy (non-hydrogen) atoms. The van der Waals surface area contributed by atoms with Crippen molar-refractivity contribution in [3.63, 3.8) is 0 Å². The highest BCUT2D eigenvalue weighted by Gasteiger charge is 2.16. The predicted octanol–water partition coefficient (Wildman–Crippen LogP) is 8.43. The van der Waals surface area contributed by atoms with Gasteiger partial charge in [-0.05, 0) is 74.4 Å². The number of nitrogens with one attached hydrogen (secondary N) is 1. The van der Waals surface area contributed by atoms with Gasteiger partial charge in [0.2, 0.25) is 0 Å². The van der Waals surface area contributed by atoms with E-state index < -0.39 is 0 Å². The molecule has 1 aliphatic carbocycles. The Morgan fingerprint density at radius 3 is 2.37 bits per heavy atom. The van der Waals surface area contributed by atoms with Crippen LogP contribution in [-0.4, -0.2) is 16.0 Å². The topological polar surface area (TPSA) is 63.8 Å². The van der Waals surface area contributed by atoms with E-state index in [4.69, 9.17) is 17.3 Å². The third kappa shape index (κ3) is 7.57. The van der Waals surface area contributed by atoms with Gasteiger partial charge in [0.25, 0.3) is 0 Å². The van der Waals surface area contributed by atoms with Crippen LogP contribution in [0.25, 0.3) is 10.9 Å². The number of halogens is 1. The maximum Gasteiger partial charge on any atom is 0.124 e. The molecule has 1 saturated carbocycles. The van der Waals surface area contributed by atoms with Crippen LogP contribution < -0.4 is 11.1 Å². The molecule has 5 heteroatoms. The minimum atomic E-state index is 0.509. The van der Waals surface area contributed by atoms with Crippen LogP contribution in [0.4, 0.5) is 11.5 Å². The van der Waals surface area contributed by atoms with Crippen molar-refractivity contribution in [1.82, 2.24) is 9.97 Å². The number of benzene rings is 1. The van der Waals surface area contributed by atoms with Crippen LogP contribution in [0.2, 0.25) is 5.02 Å². The van der Waals surface area contributed by atoms with Gasteiger partial charge in [-0.1, -0.05) is 75.5 Å². The molecule has 0 bridgehead atoms. The molecule has 1 aliphatic rings. The minimum Gasteiger partial charge on any atom is -0.384 e. The van der Waals surface area contributed by atoms with E-state index in [1.165, 1.54) is 87.4 Å². The monoisotopic (exact) mass is 492 g/mol. The Morgan fingerprint density at radius 1 is 0.914 bits per heavy atom. The Labute approximate surface area is 216 Å². The fourth-order valence-corrected chi connectivity index (χ4v) is 5.88. The first kappa shape index (κ1) is 25.8. The molecule has 1 fully saturated rings. The van der Waals surface area contributed by atoms with Gasteiger partial charge in [-0.25, -0.2) is 4.98 Å². The smallest absolute Gasteiger partial charge is 0.124 e. The lowest BCUT2D eigenvalue weighted by atomic mass is 9.88. The second-order valence-electron chi connectivity index (χ2n) is 10.5. The van der Waals surface area contributed by atoms with Gasteiger partial charge in [-0.15, -0.1) is 0 Å². The van der Waals surface area contributed by atoms with E-state index >= 15 is 0 Å². The number of nitrogens with two attached hydrogens (primary N) is 1. The predicted molar refractivity (Wildman–Crippen MR) is 150 cm³/mol. The lowest BCUT2D eigenvalue weighted by Crippen LogP contribution is -2.21. The van der Waals surface area contributed by atoms with Gasteiger partial charge in [0.05, 0.1) is 21.9 Å². The molecule has 188 valence electrons. The Balaban J connectivity index is 1.38. The number of nitrogens with zero attached hydrogens (tertiary/aromatic N) is 2. The van der Waals surface area contributed by atoms with E-state index in [9.17, 15) is 0 Å². The van der Waals surface area contributed by atoms with Crippen LogP contribution in [0.15, 0.2) is 36.5 Å². The first-order valence-corrected chi connectivity index (χ1v) is 13.9. The van der Waals surface area contributed by atoms with Gasteiger partial charge in [0.15, 0.2) is 0 Å². The van der Waals surface area contributed by atoms with Crippen molar-refractivity contribution < 1.29 is 0 Å². The van der Waals surface area contributed by atoms with Crippen LogP contribution >= 0.6 is 11.6 Å². The molecular formula is C30H41ClN4. The highest BCUT2D eigenvalue weighted by atomic mass is 35.5. The summed E-state index contributed by atoms with van der Waals surface area (Å²) in [5.74, 6) is 1.36. The lowest BCUT2D eigenvalue weighted by Gasteiger charge is -2.23. The molecule has 0 amide bonds. The molecular weight excluding hydrogens is 452 g/mol. The Bertz CT molecular complexity index is 1090. The van der Waals surface area contributed by atoms with E-state index in [0.717, 1.165) is 28.9 Å². The van der Waals surface area contributed by atoms with Crippen LogP contribution in [0, 0.1) is 19.8 Å². The zero-order valence-electron chi connectivity index (χ0n) is 21.5. The van der Waals surface area contributed by atoms with E-state index in [1.807, 2.05) is 12.1 Å². The average molecular weight is 493 g/mol. The van der Waals surface area contributed by atoms with Crippen LogP contribution in [0.3, 0.4) is 0 Å². The van der Waals surface area contributed by atoms with Gasteiger partial charge in [0.1, 0.15) is 5.82 Å². The molecule has 2 heterocycles. The highest BCUT2D eigenvalue weighted by molar-refractivity contribution is 6.31. The van der Waals surface area contributed by atoms with Gasteiger partial charge in [-0.2, -0.15) is 0 Å². The Morgan fingerprint density at radius 2 is 1.60 bits per heavy atom. The molecule has 3 aromatic rings. The number of rotatable bonds is 4. The largest absolute Gasteiger partial charge is 0.384 e. The van der Waals surface area contributed by atoms with Crippen molar-refractivity contribution in [3.05, 3.63) is 58.4 Å². The van der Waals surface area contributed by atoms with Gasteiger partial charge in [-0.3, -0.25) is 4.98 Å². The van der Waals surface area contributed by atoms with Crippen LogP contribution in [-0.2, 0) is 6.42 Å². The zero-order chi connectivity index (χ0) is 24.6. The minimum absolute atomic E-state index is 0.509. The maximum atomic E-state index is 6.19. The molecule has 0 saturated heterocycles. The second-order valence-corrected chi connectivity index (χ2v) is 11.0. The SMILES string of the molecule is Cc1cc(N)nc(C)c1NC1CCCCCCCC(Cc2ccc3ncc(Cl)cc3c2)CCCC1. The fourth-order valence-electron chi connectivity index (χ4n) is 5.71.